The molecule has 1 saturated heterocycles. The van der Waals surface area contributed by atoms with Crippen LogP contribution in [0.2, 0.25) is 0 Å². The van der Waals surface area contributed by atoms with Crippen LogP contribution in [0.15, 0.2) is 17.1 Å². The zero-order valence-corrected chi connectivity index (χ0v) is 26.9. The van der Waals surface area contributed by atoms with Crippen molar-refractivity contribution in [2.45, 2.75) is 167 Å². The summed E-state index contributed by atoms with van der Waals surface area (Å²) in [6, 6.07) is 1.20. The Labute approximate surface area is 261 Å². The molecule has 1 aliphatic heterocycles. The van der Waals surface area contributed by atoms with Gasteiger partial charge >= 0.3 is 23.6 Å². The van der Waals surface area contributed by atoms with Crippen LogP contribution in [0.25, 0.3) is 0 Å². The highest BCUT2D eigenvalue weighted by Gasteiger charge is 2.62. The van der Waals surface area contributed by atoms with Gasteiger partial charge in [-0.2, -0.15) is 13.8 Å². The molecule has 9 nitrogen and oxygen atoms in total. The summed E-state index contributed by atoms with van der Waals surface area (Å²) in [5.74, 6) is -5.23. The number of esters is 2. The fraction of sp³-hybridized carbons (Fsp3) is 0.818. The van der Waals surface area contributed by atoms with Gasteiger partial charge in [0.05, 0.1) is 0 Å². The highest BCUT2D eigenvalue weighted by molar-refractivity contribution is 5.70. The molecule has 11 heteroatoms. The lowest BCUT2D eigenvalue weighted by molar-refractivity contribution is -0.177. The summed E-state index contributed by atoms with van der Waals surface area (Å²) in [7, 11) is 0. The molecule has 1 aliphatic rings. The topological polar surface area (TPSA) is 123 Å². The molecule has 0 aliphatic carbocycles. The molecule has 44 heavy (non-hydrogen) atoms. The van der Waals surface area contributed by atoms with E-state index in [2.05, 4.69) is 18.8 Å². The lowest BCUT2D eigenvalue weighted by Crippen LogP contribution is -2.44. The smallest absolute Gasteiger partial charge is 0.351 e. The van der Waals surface area contributed by atoms with Crippen LogP contribution in [-0.4, -0.2) is 46.2 Å². The van der Waals surface area contributed by atoms with Gasteiger partial charge in [-0.3, -0.25) is 14.2 Å². The zero-order valence-electron chi connectivity index (χ0n) is 26.9. The van der Waals surface area contributed by atoms with E-state index in [1.165, 1.54) is 63.9 Å². The molecule has 1 aromatic heterocycles. The van der Waals surface area contributed by atoms with E-state index in [-0.39, 0.29) is 18.7 Å². The average Bonchev–Trinajstić information content (AvgIpc) is 3.23. The molecule has 2 heterocycles. The number of ether oxygens (including phenoxy) is 3. The number of hydrogen-bond acceptors (Lipinski definition) is 8. The average molecular weight is 628 g/mol. The first-order chi connectivity index (χ1) is 21.2. The standard InChI is InChI=1S/C33H55F2N3O6/c1-3-5-7-9-11-13-15-17-19-21-28(39)42-25-26-30(44-29(40)22-20-18-16-14-12-10-8-6-4-2)33(34,35)31(43-26)38-24-23-27(36)37-32(38)41/h23-24,26,30-31H,3-22,25H2,1-2H3,(H2,36,37,41)/t26-,30-,31-/m1/s1. The van der Waals surface area contributed by atoms with E-state index in [1.807, 2.05) is 0 Å². The lowest BCUT2D eigenvalue weighted by atomic mass is 10.1. The van der Waals surface area contributed by atoms with E-state index in [1.54, 1.807) is 0 Å². The van der Waals surface area contributed by atoms with E-state index < -0.39 is 48.6 Å². The maximum Gasteiger partial charge on any atom is 0.351 e. The van der Waals surface area contributed by atoms with Crippen molar-refractivity contribution in [3.8, 4) is 0 Å². The van der Waals surface area contributed by atoms with Crippen molar-refractivity contribution in [2.24, 2.45) is 0 Å². The molecule has 0 aromatic carbocycles. The molecule has 1 fully saturated rings. The molecule has 0 saturated carbocycles. The number of nitrogens with two attached hydrogens (primary N) is 1. The van der Waals surface area contributed by atoms with Gasteiger partial charge in [-0.15, -0.1) is 0 Å². The van der Waals surface area contributed by atoms with E-state index in [0.29, 0.717) is 17.4 Å². The summed E-state index contributed by atoms with van der Waals surface area (Å²) in [4.78, 5) is 40.9. The number of halogens is 2. The van der Waals surface area contributed by atoms with Crippen molar-refractivity contribution in [1.82, 2.24) is 9.55 Å². The van der Waals surface area contributed by atoms with Crippen LogP contribution in [0.1, 0.15) is 148 Å². The van der Waals surface area contributed by atoms with Gasteiger partial charge in [-0.25, -0.2) is 4.79 Å². The van der Waals surface area contributed by atoms with Crippen molar-refractivity contribution in [1.29, 1.82) is 0 Å². The second-order valence-electron chi connectivity index (χ2n) is 12.0. The molecular weight excluding hydrogens is 572 g/mol. The number of carbonyl (C=O) groups is 2. The first-order valence-electron chi connectivity index (χ1n) is 16.9. The molecule has 2 N–H and O–H groups in total. The van der Waals surface area contributed by atoms with Crippen LogP contribution in [-0.2, 0) is 23.8 Å². The van der Waals surface area contributed by atoms with Crippen LogP contribution in [0.3, 0.4) is 0 Å². The monoisotopic (exact) mass is 627 g/mol. The van der Waals surface area contributed by atoms with Crippen LogP contribution in [0, 0.1) is 0 Å². The number of nitrogen functional groups attached to an aromatic ring is 1. The Morgan fingerprint density at radius 2 is 1.32 bits per heavy atom. The Morgan fingerprint density at radius 3 is 1.82 bits per heavy atom. The van der Waals surface area contributed by atoms with Gasteiger partial charge in [0.1, 0.15) is 18.5 Å². The lowest BCUT2D eigenvalue weighted by Gasteiger charge is -2.24. The van der Waals surface area contributed by atoms with Crippen LogP contribution >= 0.6 is 0 Å². The molecule has 0 amide bonds. The van der Waals surface area contributed by atoms with E-state index in [4.69, 9.17) is 19.9 Å². The zero-order chi connectivity index (χ0) is 32.2. The number of anilines is 1. The predicted octanol–water partition coefficient (Wildman–Crippen LogP) is 7.66. The van der Waals surface area contributed by atoms with E-state index in [0.717, 1.165) is 51.1 Å². The van der Waals surface area contributed by atoms with E-state index in [9.17, 15) is 14.4 Å². The molecule has 2 rings (SSSR count). The summed E-state index contributed by atoms with van der Waals surface area (Å²) in [5, 5.41) is 0. The van der Waals surface area contributed by atoms with Crippen LogP contribution in [0.4, 0.5) is 14.6 Å². The van der Waals surface area contributed by atoms with Gasteiger partial charge in [0.15, 0.2) is 6.10 Å². The number of rotatable bonds is 24. The van der Waals surface area contributed by atoms with Crippen molar-refractivity contribution >= 4 is 17.8 Å². The molecular formula is C33H55F2N3O6. The molecule has 3 atom stereocenters. The SMILES string of the molecule is CCCCCCCCCCCC(=O)OC[C@H]1O[C@@H](n2ccc(N)nc2=O)C(F)(F)[C@@H]1OC(=O)CCCCCCCCCCC. The quantitative estimate of drug-likeness (QED) is 0.0916. The summed E-state index contributed by atoms with van der Waals surface area (Å²) < 4.78 is 48.0. The van der Waals surface area contributed by atoms with Crippen molar-refractivity contribution in [3.05, 3.63) is 22.7 Å². The Morgan fingerprint density at radius 1 is 0.841 bits per heavy atom. The Bertz CT molecular complexity index is 1020. The summed E-state index contributed by atoms with van der Waals surface area (Å²) >= 11 is 0. The first kappa shape index (κ1) is 37.6. The Hall–Kier alpha value is -2.56. The molecule has 0 radical (unpaired) electrons. The van der Waals surface area contributed by atoms with Gasteiger partial charge in [-0.1, -0.05) is 117 Å². The number of nitrogens with zero attached hydrogens (tertiary/aromatic N) is 2. The van der Waals surface area contributed by atoms with E-state index >= 15 is 8.78 Å². The van der Waals surface area contributed by atoms with Gasteiger partial charge in [0.2, 0.25) is 6.23 Å². The minimum atomic E-state index is -3.79. The summed E-state index contributed by atoms with van der Waals surface area (Å²) in [5.41, 5.74) is 4.48. The number of aromatic nitrogens is 2. The maximum atomic E-state index is 15.6. The highest BCUT2D eigenvalue weighted by Crippen LogP contribution is 2.44. The van der Waals surface area contributed by atoms with Crippen molar-refractivity contribution < 1.29 is 32.6 Å². The minimum absolute atomic E-state index is 0.0123. The molecule has 0 unspecified atom stereocenters. The molecule has 252 valence electrons. The van der Waals surface area contributed by atoms with Crippen molar-refractivity contribution in [2.75, 3.05) is 12.3 Å². The van der Waals surface area contributed by atoms with Crippen LogP contribution in [0.5, 0.6) is 0 Å². The molecule has 1 aromatic rings. The summed E-state index contributed by atoms with van der Waals surface area (Å²) in [6.45, 7) is 3.83. The minimum Gasteiger partial charge on any atom is -0.463 e. The highest BCUT2D eigenvalue weighted by atomic mass is 19.3. The number of hydrogen-bond donors (Lipinski definition) is 1. The number of alkyl halides is 2. The third-order valence-electron chi connectivity index (χ3n) is 8.09. The molecule has 0 spiro atoms. The Kier molecular flexibility index (Phi) is 18.2. The van der Waals surface area contributed by atoms with Crippen molar-refractivity contribution in [3.63, 3.8) is 0 Å². The second kappa shape index (κ2) is 21.2. The molecule has 0 bridgehead atoms. The van der Waals surface area contributed by atoms with Gasteiger partial charge in [-0.05, 0) is 18.9 Å². The fourth-order valence-corrected chi connectivity index (χ4v) is 5.46. The first-order valence-corrected chi connectivity index (χ1v) is 16.9. The number of carbonyl (C=O) groups excluding carboxylic acids is 2. The largest absolute Gasteiger partial charge is 0.463 e. The van der Waals surface area contributed by atoms with Gasteiger partial charge < -0.3 is 19.9 Å². The van der Waals surface area contributed by atoms with Gasteiger partial charge in [0.25, 0.3) is 0 Å². The van der Waals surface area contributed by atoms with Gasteiger partial charge in [0, 0.05) is 19.0 Å². The number of unbranched alkanes of at least 4 members (excludes halogenated alkanes) is 16. The van der Waals surface area contributed by atoms with Crippen LogP contribution < -0.4 is 11.4 Å². The third kappa shape index (κ3) is 13.6. The second-order valence-corrected chi connectivity index (χ2v) is 12.0. The fourth-order valence-electron chi connectivity index (χ4n) is 5.46. The summed E-state index contributed by atoms with van der Waals surface area (Å²) in [6.07, 6.45) is 14.8. The normalized spacial score (nSPS) is 19.2. The Balaban J connectivity index is 1.88. The maximum absolute atomic E-state index is 15.6. The third-order valence-corrected chi connectivity index (χ3v) is 8.09. The predicted molar refractivity (Wildman–Crippen MR) is 166 cm³/mol.